The van der Waals surface area contributed by atoms with E-state index in [1.165, 1.54) is 0 Å². The highest BCUT2D eigenvalue weighted by Gasteiger charge is 2.16. The summed E-state index contributed by atoms with van der Waals surface area (Å²) in [6.07, 6.45) is 1.07. The fourth-order valence-electron chi connectivity index (χ4n) is 1.13. The Hall–Kier alpha value is -1.34. The second kappa shape index (κ2) is 6.01. The highest BCUT2D eigenvalue weighted by Crippen LogP contribution is 2.07. The van der Waals surface area contributed by atoms with E-state index >= 15 is 0 Å². The average molecular weight is 276 g/mol. The third kappa shape index (κ3) is 3.85. The molecule has 0 amide bonds. The van der Waals surface area contributed by atoms with Crippen LogP contribution in [0.15, 0.2) is 21.5 Å². The standard InChI is InChI=1S/C11H16O6S/c1-8(2)18(14,15)4-3-16-11-7-17-9(6-12)5-10(11)13/h5,7-8,12H,3-4,6H2,1-2H3. The maximum Gasteiger partial charge on any atom is 0.227 e. The lowest BCUT2D eigenvalue weighted by Gasteiger charge is -2.08. The van der Waals surface area contributed by atoms with Gasteiger partial charge in [-0.3, -0.25) is 4.79 Å². The zero-order valence-electron chi connectivity index (χ0n) is 10.3. The first-order valence-electron chi connectivity index (χ1n) is 5.43. The maximum atomic E-state index is 11.5. The van der Waals surface area contributed by atoms with Crippen LogP contribution in [0.5, 0.6) is 5.75 Å². The molecule has 18 heavy (non-hydrogen) atoms. The summed E-state index contributed by atoms with van der Waals surface area (Å²) in [6.45, 7) is 2.68. The van der Waals surface area contributed by atoms with Crippen LogP contribution in [0.25, 0.3) is 0 Å². The molecule has 1 aromatic heterocycles. The van der Waals surface area contributed by atoms with Crippen LogP contribution in [0.1, 0.15) is 19.6 Å². The number of ether oxygens (including phenoxy) is 1. The molecule has 1 rings (SSSR count). The number of hydrogen-bond donors (Lipinski definition) is 1. The first-order chi connectivity index (χ1) is 8.36. The van der Waals surface area contributed by atoms with Gasteiger partial charge in [0.05, 0.1) is 11.0 Å². The fraction of sp³-hybridized carbons (Fsp3) is 0.545. The molecule has 0 aliphatic carbocycles. The van der Waals surface area contributed by atoms with Crippen molar-refractivity contribution in [2.45, 2.75) is 25.7 Å². The molecule has 0 atom stereocenters. The van der Waals surface area contributed by atoms with Crippen LogP contribution < -0.4 is 10.2 Å². The van der Waals surface area contributed by atoms with Gasteiger partial charge in [-0.2, -0.15) is 0 Å². The summed E-state index contributed by atoms with van der Waals surface area (Å²) in [4.78, 5) is 11.4. The van der Waals surface area contributed by atoms with Crippen LogP contribution >= 0.6 is 0 Å². The van der Waals surface area contributed by atoms with E-state index in [0.717, 1.165) is 12.3 Å². The summed E-state index contributed by atoms with van der Waals surface area (Å²) < 4.78 is 32.9. The van der Waals surface area contributed by atoms with Gasteiger partial charge < -0.3 is 14.3 Å². The summed E-state index contributed by atoms with van der Waals surface area (Å²) in [5.74, 6) is -0.0976. The third-order valence-corrected chi connectivity index (χ3v) is 4.52. The van der Waals surface area contributed by atoms with Crippen molar-refractivity contribution in [3.63, 3.8) is 0 Å². The van der Waals surface area contributed by atoms with E-state index in [1.807, 2.05) is 0 Å². The molecule has 7 heteroatoms. The van der Waals surface area contributed by atoms with E-state index in [4.69, 9.17) is 14.3 Å². The van der Waals surface area contributed by atoms with Crippen LogP contribution in [0.2, 0.25) is 0 Å². The van der Waals surface area contributed by atoms with Crippen LogP contribution in [-0.4, -0.2) is 31.1 Å². The largest absolute Gasteiger partial charge is 0.486 e. The zero-order valence-corrected chi connectivity index (χ0v) is 11.1. The molecule has 0 saturated carbocycles. The Labute approximate surface area is 105 Å². The van der Waals surface area contributed by atoms with E-state index < -0.39 is 20.5 Å². The maximum absolute atomic E-state index is 11.5. The van der Waals surface area contributed by atoms with E-state index in [2.05, 4.69) is 0 Å². The summed E-state index contributed by atoms with van der Waals surface area (Å²) in [6, 6.07) is 1.10. The van der Waals surface area contributed by atoms with Gasteiger partial charge in [0, 0.05) is 6.07 Å². The van der Waals surface area contributed by atoms with Gasteiger partial charge in [-0.05, 0) is 13.8 Å². The van der Waals surface area contributed by atoms with E-state index in [0.29, 0.717) is 0 Å². The third-order valence-electron chi connectivity index (χ3n) is 2.35. The monoisotopic (exact) mass is 276 g/mol. The zero-order chi connectivity index (χ0) is 13.8. The van der Waals surface area contributed by atoms with Crippen molar-refractivity contribution in [3.8, 4) is 5.75 Å². The van der Waals surface area contributed by atoms with E-state index in [-0.39, 0.29) is 30.5 Å². The Morgan fingerprint density at radius 2 is 2.11 bits per heavy atom. The Kier molecular flexibility index (Phi) is 4.92. The van der Waals surface area contributed by atoms with Gasteiger partial charge in [0.15, 0.2) is 9.84 Å². The van der Waals surface area contributed by atoms with Crippen molar-refractivity contribution < 1.29 is 22.7 Å². The van der Waals surface area contributed by atoms with Gasteiger partial charge in [-0.15, -0.1) is 0 Å². The summed E-state index contributed by atoms with van der Waals surface area (Å²) in [5.41, 5.74) is -0.452. The summed E-state index contributed by atoms with van der Waals surface area (Å²) in [7, 11) is -3.19. The molecule has 6 nitrogen and oxygen atoms in total. The van der Waals surface area contributed by atoms with Crippen molar-refractivity contribution in [1.82, 2.24) is 0 Å². The SMILES string of the molecule is CC(C)S(=O)(=O)CCOc1coc(CO)cc1=O. The van der Waals surface area contributed by atoms with Crippen molar-refractivity contribution >= 4 is 9.84 Å². The Morgan fingerprint density at radius 3 is 2.61 bits per heavy atom. The Morgan fingerprint density at radius 1 is 1.44 bits per heavy atom. The molecule has 0 unspecified atom stereocenters. The molecule has 102 valence electrons. The molecule has 1 aromatic rings. The molecule has 1 N–H and O–H groups in total. The molecule has 0 radical (unpaired) electrons. The number of rotatable bonds is 6. The molecule has 0 saturated heterocycles. The normalized spacial score (nSPS) is 11.8. The summed E-state index contributed by atoms with van der Waals surface area (Å²) >= 11 is 0. The fourth-order valence-corrected chi connectivity index (χ4v) is 1.92. The molecule has 0 bridgehead atoms. The molecule has 0 aliphatic heterocycles. The first-order valence-corrected chi connectivity index (χ1v) is 7.15. The van der Waals surface area contributed by atoms with Gasteiger partial charge >= 0.3 is 0 Å². The van der Waals surface area contributed by atoms with E-state index in [9.17, 15) is 13.2 Å². The molecule has 0 aliphatic rings. The van der Waals surface area contributed by atoms with Gasteiger partial charge in [-0.1, -0.05) is 0 Å². The molecule has 0 fully saturated rings. The number of hydrogen-bond acceptors (Lipinski definition) is 6. The lowest BCUT2D eigenvalue weighted by Crippen LogP contribution is -2.23. The van der Waals surface area contributed by atoms with Crippen molar-refractivity contribution in [3.05, 3.63) is 28.3 Å². The number of aliphatic hydroxyl groups is 1. The van der Waals surface area contributed by atoms with Crippen molar-refractivity contribution in [2.75, 3.05) is 12.4 Å². The lowest BCUT2D eigenvalue weighted by atomic mass is 10.4. The lowest BCUT2D eigenvalue weighted by molar-refractivity contribution is 0.238. The highest BCUT2D eigenvalue weighted by atomic mass is 32.2. The van der Waals surface area contributed by atoms with E-state index in [1.54, 1.807) is 13.8 Å². The second-order valence-electron chi connectivity index (χ2n) is 4.00. The molecule has 0 spiro atoms. The minimum absolute atomic E-state index is 0.0637. The molecular weight excluding hydrogens is 260 g/mol. The van der Waals surface area contributed by atoms with Gasteiger partial charge in [0.25, 0.3) is 0 Å². The van der Waals surface area contributed by atoms with Crippen molar-refractivity contribution in [1.29, 1.82) is 0 Å². The number of aliphatic hydroxyl groups excluding tert-OH is 1. The minimum atomic E-state index is -3.19. The van der Waals surface area contributed by atoms with Gasteiger partial charge in [0.1, 0.15) is 25.2 Å². The first kappa shape index (κ1) is 14.7. The van der Waals surface area contributed by atoms with Crippen LogP contribution in [0.4, 0.5) is 0 Å². The molecule has 1 heterocycles. The highest BCUT2D eigenvalue weighted by molar-refractivity contribution is 7.91. The van der Waals surface area contributed by atoms with Crippen LogP contribution in [0, 0.1) is 0 Å². The predicted octanol–water partition coefficient (Wildman–Crippen LogP) is 0.334. The van der Waals surface area contributed by atoms with Crippen LogP contribution in [0.3, 0.4) is 0 Å². The molecular formula is C11H16O6S. The topological polar surface area (TPSA) is 93.8 Å². The average Bonchev–Trinajstić information content (AvgIpc) is 2.30. The van der Waals surface area contributed by atoms with Crippen molar-refractivity contribution in [2.24, 2.45) is 0 Å². The smallest absolute Gasteiger partial charge is 0.227 e. The number of sulfone groups is 1. The molecule has 0 aromatic carbocycles. The predicted molar refractivity (Wildman–Crippen MR) is 65.3 cm³/mol. The van der Waals surface area contributed by atoms with Crippen LogP contribution in [-0.2, 0) is 16.4 Å². The Bertz CT molecular complexity index is 543. The van der Waals surface area contributed by atoms with Gasteiger partial charge in [0.2, 0.25) is 11.2 Å². The minimum Gasteiger partial charge on any atom is -0.486 e. The summed E-state index contributed by atoms with van der Waals surface area (Å²) in [5, 5.41) is 8.27. The quantitative estimate of drug-likeness (QED) is 0.805. The Balaban J connectivity index is 2.63. The second-order valence-corrected chi connectivity index (χ2v) is 6.67. The van der Waals surface area contributed by atoms with Gasteiger partial charge in [-0.25, -0.2) is 8.42 Å².